The van der Waals surface area contributed by atoms with E-state index in [2.05, 4.69) is 23.7 Å². The number of ether oxygens (including phenoxy) is 1. The van der Waals surface area contributed by atoms with Crippen molar-refractivity contribution in [1.82, 2.24) is 4.90 Å². The summed E-state index contributed by atoms with van der Waals surface area (Å²) in [5, 5.41) is 0. The van der Waals surface area contributed by atoms with E-state index in [9.17, 15) is 0 Å². The molecule has 2 N–H and O–H groups in total. The average Bonchev–Trinajstić information content (AvgIpc) is 2.99. The summed E-state index contributed by atoms with van der Waals surface area (Å²) in [7, 11) is 1.71. The molecule has 4 heteroatoms. The predicted molar refractivity (Wildman–Crippen MR) is 62.9 cm³/mol. The van der Waals surface area contributed by atoms with Gasteiger partial charge < -0.3 is 15.4 Å². The molecule has 0 atom stereocenters. The molecule has 88 valence electrons. The molecule has 0 amide bonds. The van der Waals surface area contributed by atoms with Crippen molar-refractivity contribution in [3.63, 3.8) is 0 Å². The quantitative estimate of drug-likeness (QED) is 0.530. The first-order valence-corrected chi connectivity index (χ1v) is 5.70. The third-order valence-electron chi connectivity index (χ3n) is 2.44. The largest absolute Gasteiger partial charge is 0.383 e. The van der Waals surface area contributed by atoms with Crippen LogP contribution in [0.3, 0.4) is 0 Å². The van der Waals surface area contributed by atoms with Crippen LogP contribution in [0.25, 0.3) is 0 Å². The Morgan fingerprint density at radius 2 is 2.20 bits per heavy atom. The van der Waals surface area contributed by atoms with Crippen molar-refractivity contribution in [2.24, 2.45) is 16.6 Å². The van der Waals surface area contributed by atoms with Crippen molar-refractivity contribution in [3.05, 3.63) is 0 Å². The second-order valence-electron chi connectivity index (χ2n) is 4.51. The number of hydrogen-bond donors (Lipinski definition) is 1. The van der Waals surface area contributed by atoms with E-state index in [1.54, 1.807) is 7.11 Å². The SMILES string of the molecule is COCCN(C(N)=NCC(C)C)C1CC1. The highest BCUT2D eigenvalue weighted by Gasteiger charge is 2.29. The maximum atomic E-state index is 5.97. The zero-order valence-corrected chi connectivity index (χ0v) is 10.1. The normalized spacial score (nSPS) is 17.2. The van der Waals surface area contributed by atoms with Crippen LogP contribution in [-0.2, 0) is 4.74 Å². The van der Waals surface area contributed by atoms with Crippen LogP contribution >= 0.6 is 0 Å². The second kappa shape index (κ2) is 5.95. The summed E-state index contributed by atoms with van der Waals surface area (Å²) in [6.45, 7) is 6.67. The van der Waals surface area contributed by atoms with Gasteiger partial charge in [-0.3, -0.25) is 4.99 Å². The first-order chi connectivity index (χ1) is 7.15. The molecule has 0 aromatic carbocycles. The summed E-state index contributed by atoms with van der Waals surface area (Å²) in [5.41, 5.74) is 5.97. The Morgan fingerprint density at radius 1 is 1.53 bits per heavy atom. The van der Waals surface area contributed by atoms with Gasteiger partial charge in [-0.15, -0.1) is 0 Å². The number of hydrogen-bond acceptors (Lipinski definition) is 2. The van der Waals surface area contributed by atoms with Crippen molar-refractivity contribution in [2.75, 3.05) is 26.8 Å². The lowest BCUT2D eigenvalue weighted by atomic mass is 10.2. The molecule has 0 aliphatic heterocycles. The van der Waals surface area contributed by atoms with Crippen LogP contribution in [0.5, 0.6) is 0 Å². The third kappa shape index (κ3) is 4.51. The van der Waals surface area contributed by atoms with Crippen molar-refractivity contribution < 1.29 is 4.74 Å². The minimum absolute atomic E-state index is 0.562. The first kappa shape index (κ1) is 12.3. The van der Waals surface area contributed by atoms with E-state index < -0.39 is 0 Å². The fourth-order valence-corrected chi connectivity index (χ4v) is 1.43. The van der Waals surface area contributed by atoms with Gasteiger partial charge in [0, 0.05) is 26.2 Å². The summed E-state index contributed by atoms with van der Waals surface area (Å²) >= 11 is 0. The monoisotopic (exact) mass is 213 g/mol. The first-order valence-electron chi connectivity index (χ1n) is 5.70. The van der Waals surface area contributed by atoms with Gasteiger partial charge in [-0.2, -0.15) is 0 Å². The number of rotatable bonds is 6. The van der Waals surface area contributed by atoms with E-state index >= 15 is 0 Å². The topological polar surface area (TPSA) is 50.9 Å². The molecule has 1 fully saturated rings. The summed E-state index contributed by atoms with van der Waals surface area (Å²) in [4.78, 5) is 6.58. The van der Waals surface area contributed by atoms with Gasteiger partial charge in [0.15, 0.2) is 5.96 Å². The highest BCUT2D eigenvalue weighted by atomic mass is 16.5. The van der Waals surface area contributed by atoms with Crippen LogP contribution in [0, 0.1) is 5.92 Å². The Labute approximate surface area is 92.5 Å². The molecule has 0 spiro atoms. The summed E-state index contributed by atoms with van der Waals surface area (Å²) in [6.07, 6.45) is 2.48. The maximum absolute atomic E-state index is 5.97. The number of methoxy groups -OCH3 is 1. The van der Waals surface area contributed by atoms with Crippen LogP contribution in [-0.4, -0.2) is 43.7 Å². The predicted octanol–water partition coefficient (Wildman–Crippen LogP) is 1.07. The minimum Gasteiger partial charge on any atom is -0.383 e. The highest BCUT2D eigenvalue weighted by molar-refractivity contribution is 5.78. The van der Waals surface area contributed by atoms with E-state index in [-0.39, 0.29) is 0 Å². The van der Waals surface area contributed by atoms with Gasteiger partial charge in [-0.1, -0.05) is 13.8 Å². The lowest BCUT2D eigenvalue weighted by Crippen LogP contribution is -2.41. The van der Waals surface area contributed by atoms with E-state index in [4.69, 9.17) is 10.5 Å². The van der Waals surface area contributed by atoms with E-state index in [0.717, 1.165) is 13.1 Å². The van der Waals surface area contributed by atoms with E-state index in [1.807, 2.05) is 0 Å². The van der Waals surface area contributed by atoms with E-state index in [1.165, 1.54) is 12.8 Å². The maximum Gasteiger partial charge on any atom is 0.191 e. The van der Waals surface area contributed by atoms with Crippen molar-refractivity contribution in [3.8, 4) is 0 Å². The highest BCUT2D eigenvalue weighted by Crippen LogP contribution is 2.26. The molecule has 4 nitrogen and oxygen atoms in total. The summed E-state index contributed by atoms with van der Waals surface area (Å²) in [5.74, 6) is 1.25. The zero-order chi connectivity index (χ0) is 11.3. The van der Waals surface area contributed by atoms with Gasteiger partial charge >= 0.3 is 0 Å². The Balaban J connectivity index is 2.42. The minimum atomic E-state index is 0.562. The van der Waals surface area contributed by atoms with Crippen molar-refractivity contribution in [1.29, 1.82) is 0 Å². The molecule has 1 aliphatic carbocycles. The molecular formula is C11H23N3O. The smallest absolute Gasteiger partial charge is 0.191 e. The molecule has 0 saturated heterocycles. The molecule has 0 heterocycles. The fraction of sp³-hybridized carbons (Fsp3) is 0.909. The molecule has 0 bridgehead atoms. The zero-order valence-electron chi connectivity index (χ0n) is 10.1. The molecule has 1 saturated carbocycles. The molecule has 0 aromatic rings. The molecule has 1 aliphatic rings. The standard InChI is InChI=1S/C11H23N3O/c1-9(2)8-13-11(12)14(6-7-15-3)10-4-5-10/h9-10H,4-8H2,1-3H3,(H2,12,13). The van der Waals surface area contributed by atoms with Crippen LogP contribution < -0.4 is 5.73 Å². The lowest BCUT2D eigenvalue weighted by molar-refractivity contribution is 0.173. The van der Waals surface area contributed by atoms with Crippen LogP contribution in [0.15, 0.2) is 4.99 Å². The van der Waals surface area contributed by atoms with E-state index in [0.29, 0.717) is 24.5 Å². The fourth-order valence-electron chi connectivity index (χ4n) is 1.43. The Morgan fingerprint density at radius 3 is 2.67 bits per heavy atom. The van der Waals surface area contributed by atoms with Gasteiger partial charge in [0.25, 0.3) is 0 Å². The Kier molecular flexibility index (Phi) is 4.88. The summed E-state index contributed by atoms with van der Waals surface area (Å²) in [6, 6.07) is 0.607. The number of nitrogens with zero attached hydrogens (tertiary/aromatic N) is 2. The molecule has 15 heavy (non-hydrogen) atoms. The molecule has 0 radical (unpaired) electrons. The lowest BCUT2D eigenvalue weighted by Gasteiger charge is -2.23. The van der Waals surface area contributed by atoms with Crippen LogP contribution in [0.2, 0.25) is 0 Å². The molecule has 0 unspecified atom stereocenters. The van der Waals surface area contributed by atoms with Gasteiger partial charge in [0.05, 0.1) is 6.61 Å². The number of guanidine groups is 1. The molecule has 1 rings (SSSR count). The van der Waals surface area contributed by atoms with Crippen molar-refractivity contribution in [2.45, 2.75) is 32.7 Å². The summed E-state index contributed by atoms with van der Waals surface area (Å²) < 4.78 is 5.07. The number of nitrogens with two attached hydrogens (primary N) is 1. The van der Waals surface area contributed by atoms with Gasteiger partial charge in [0.1, 0.15) is 0 Å². The second-order valence-corrected chi connectivity index (χ2v) is 4.51. The van der Waals surface area contributed by atoms with Gasteiger partial charge in [-0.25, -0.2) is 0 Å². The van der Waals surface area contributed by atoms with Crippen molar-refractivity contribution >= 4 is 5.96 Å². The van der Waals surface area contributed by atoms with Crippen LogP contribution in [0.1, 0.15) is 26.7 Å². The third-order valence-corrected chi connectivity index (χ3v) is 2.44. The van der Waals surface area contributed by atoms with Gasteiger partial charge in [-0.05, 0) is 18.8 Å². The molecular weight excluding hydrogens is 190 g/mol. The Bertz CT molecular complexity index is 212. The molecule has 0 aromatic heterocycles. The van der Waals surface area contributed by atoms with Crippen LogP contribution in [0.4, 0.5) is 0 Å². The Hall–Kier alpha value is -0.770. The van der Waals surface area contributed by atoms with Gasteiger partial charge in [0.2, 0.25) is 0 Å². The number of aliphatic imine (C=N–C) groups is 1. The average molecular weight is 213 g/mol.